The first-order chi connectivity index (χ1) is 6.72. The summed E-state index contributed by atoms with van der Waals surface area (Å²) in [5.41, 5.74) is 0. The molecule has 0 radical (unpaired) electrons. The third-order valence-corrected chi connectivity index (χ3v) is 3.60. The molecule has 0 aliphatic heterocycles. The van der Waals surface area contributed by atoms with Crippen molar-refractivity contribution in [2.45, 2.75) is 25.7 Å². The fraction of sp³-hybridized carbons (Fsp3) is 0.750. The largest absolute Gasteiger partial charge is 0.334 e. The summed E-state index contributed by atoms with van der Waals surface area (Å²) < 4.78 is 0. The number of amides is 1. The maximum Gasteiger partial charge on any atom is 0.226 e. The van der Waals surface area contributed by atoms with E-state index in [9.17, 15) is 4.79 Å². The van der Waals surface area contributed by atoms with Crippen molar-refractivity contribution in [3.05, 3.63) is 0 Å². The van der Waals surface area contributed by atoms with Crippen molar-refractivity contribution in [2.24, 2.45) is 17.8 Å². The molecule has 0 aromatic carbocycles. The molecule has 0 N–H and O–H groups in total. The van der Waals surface area contributed by atoms with Gasteiger partial charge in [-0.15, -0.1) is 6.42 Å². The lowest BCUT2D eigenvalue weighted by molar-refractivity contribution is -0.134. The van der Waals surface area contributed by atoms with E-state index in [1.807, 2.05) is 0 Å². The lowest BCUT2D eigenvalue weighted by atomic mass is 9.88. The maximum absolute atomic E-state index is 11.9. The number of fused-ring (bicyclic) bond motifs is 1. The highest BCUT2D eigenvalue weighted by atomic mass is 16.2. The average Bonchev–Trinajstić information content (AvgIpc) is 2.94. The summed E-state index contributed by atoms with van der Waals surface area (Å²) in [5, 5.41) is 0. The molecule has 0 heterocycles. The molecule has 2 fully saturated rings. The zero-order chi connectivity index (χ0) is 10.1. The molecule has 2 saturated carbocycles. The van der Waals surface area contributed by atoms with Crippen molar-refractivity contribution >= 4 is 5.91 Å². The van der Waals surface area contributed by atoms with E-state index in [0.29, 0.717) is 6.54 Å². The van der Waals surface area contributed by atoms with Crippen molar-refractivity contribution in [1.29, 1.82) is 0 Å². The summed E-state index contributed by atoms with van der Waals surface area (Å²) >= 11 is 0. The Morgan fingerprint density at radius 1 is 1.43 bits per heavy atom. The first kappa shape index (κ1) is 9.58. The molecule has 0 aromatic heterocycles. The molecule has 2 heteroatoms. The molecular formula is C12H17NO. The van der Waals surface area contributed by atoms with E-state index in [1.165, 1.54) is 12.8 Å². The van der Waals surface area contributed by atoms with Gasteiger partial charge in [0, 0.05) is 13.0 Å². The van der Waals surface area contributed by atoms with Crippen LogP contribution in [0.3, 0.4) is 0 Å². The molecule has 14 heavy (non-hydrogen) atoms. The minimum atomic E-state index is 0.258. The zero-order valence-corrected chi connectivity index (χ0v) is 8.70. The number of carbonyl (C=O) groups is 1. The lowest BCUT2D eigenvalue weighted by Gasteiger charge is -2.24. The number of rotatable bonds is 2. The van der Waals surface area contributed by atoms with Gasteiger partial charge in [0.05, 0.1) is 6.54 Å². The van der Waals surface area contributed by atoms with E-state index in [2.05, 4.69) is 5.92 Å². The van der Waals surface area contributed by atoms with Gasteiger partial charge < -0.3 is 4.90 Å². The van der Waals surface area contributed by atoms with Gasteiger partial charge in [0.2, 0.25) is 5.91 Å². The minimum Gasteiger partial charge on any atom is -0.334 e. The van der Waals surface area contributed by atoms with Crippen LogP contribution in [0.15, 0.2) is 0 Å². The molecule has 1 amide bonds. The fourth-order valence-corrected chi connectivity index (χ4v) is 2.60. The van der Waals surface area contributed by atoms with Gasteiger partial charge in [-0.05, 0) is 37.5 Å². The number of hydrogen-bond donors (Lipinski definition) is 0. The molecule has 3 atom stereocenters. The van der Waals surface area contributed by atoms with Crippen LogP contribution in [0, 0.1) is 30.1 Å². The van der Waals surface area contributed by atoms with Crippen LogP contribution >= 0.6 is 0 Å². The summed E-state index contributed by atoms with van der Waals surface area (Å²) in [5.74, 6) is 4.85. The summed E-state index contributed by atoms with van der Waals surface area (Å²) in [7, 11) is 1.81. The molecule has 3 unspecified atom stereocenters. The second-order valence-corrected chi connectivity index (χ2v) is 4.66. The smallest absolute Gasteiger partial charge is 0.226 e. The monoisotopic (exact) mass is 191 g/mol. The summed E-state index contributed by atoms with van der Waals surface area (Å²) in [6, 6.07) is 0. The third-order valence-electron chi connectivity index (χ3n) is 3.60. The predicted molar refractivity (Wildman–Crippen MR) is 55.4 cm³/mol. The van der Waals surface area contributed by atoms with E-state index >= 15 is 0 Å². The molecule has 0 saturated heterocycles. The highest BCUT2D eigenvalue weighted by Crippen LogP contribution is 2.51. The Bertz CT molecular complexity index is 279. The first-order valence-corrected chi connectivity index (χ1v) is 5.40. The molecule has 76 valence electrons. The van der Waals surface area contributed by atoms with Gasteiger partial charge in [-0.1, -0.05) is 5.92 Å². The molecule has 0 bridgehead atoms. The predicted octanol–water partition coefficient (Wildman–Crippen LogP) is 1.51. The van der Waals surface area contributed by atoms with Crippen LogP contribution in [-0.4, -0.2) is 24.4 Å². The first-order valence-electron chi connectivity index (χ1n) is 5.40. The van der Waals surface area contributed by atoms with Crippen LogP contribution in [0.25, 0.3) is 0 Å². The van der Waals surface area contributed by atoms with Crippen molar-refractivity contribution < 1.29 is 4.79 Å². The van der Waals surface area contributed by atoms with Gasteiger partial charge in [0.15, 0.2) is 0 Å². The Labute approximate surface area is 85.7 Å². The van der Waals surface area contributed by atoms with Crippen molar-refractivity contribution in [3.8, 4) is 12.3 Å². The number of terminal acetylenes is 1. The van der Waals surface area contributed by atoms with Gasteiger partial charge >= 0.3 is 0 Å². The van der Waals surface area contributed by atoms with Gasteiger partial charge in [-0.25, -0.2) is 0 Å². The Kier molecular flexibility index (Phi) is 2.50. The highest BCUT2D eigenvalue weighted by molar-refractivity contribution is 5.79. The third kappa shape index (κ3) is 1.77. The van der Waals surface area contributed by atoms with Gasteiger partial charge in [-0.3, -0.25) is 4.79 Å². The summed E-state index contributed by atoms with van der Waals surface area (Å²) in [6.07, 6.45) is 9.99. The lowest BCUT2D eigenvalue weighted by Crippen LogP contribution is -2.34. The van der Waals surface area contributed by atoms with Gasteiger partial charge in [0.25, 0.3) is 0 Å². The summed E-state index contributed by atoms with van der Waals surface area (Å²) in [4.78, 5) is 13.6. The standard InChI is InChI=1S/C12H17NO/c1-3-6-13(2)12(14)10-5-4-9-7-11(9)8-10/h1,9-11H,4-8H2,2H3. The number of carbonyl (C=O) groups excluding carboxylic acids is 1. The molecular weight excluding hydrogens is 174 g/mol. The van der Waals surface area contributed by atoms with Crippen molar-refractivity contribution in [3.63, 3.8) is 0 Å². The minimum absolute atomic E-state index is 0.258. The Hall–Kier alpha value is -0.970. The fourth-order valence-electron chi connectivity index (χ4n) is 2.60. The summed E-state index contributed by atoms with van der Waals surface area (Å²) in [6.45, 7) is 0.448. The van der Waals surface area contributed by atoms with E-state index in [4.69, 9.17) is 6.42 Å². The van der Waals surface area contributed by atoms with E-state index in [0.717, 1.165) is 24.7 Å². The van der Waals surface area contributed by atoms with Crippen LogP contribution < -0.4 is 0 Å². The number of hydrogen-bond acceptors (Lipinski definition) is 1. The van der Waals surface area contributed by atoms with Crippen LogP contribution in [0.5, 0.6) is 0 Å². The maximum atomic E-state index is 11.9. The van der Waals surface area contributed by atoms with Crippen LogP contribution in [-0.2, 0) is 4.79 Å². The van der Waals surface area contributed by atoms with Gasteiger partial charge in [0.1, 0.15) is 0 Å². The van der Waals surface area contributed by atoms with Gasteiger partial charge in [-0.2, -0.15) is 0 Å². The molecule has 2 rings (SSSR count). The van der Waals surface area contributed by atoms with Crippen LogP contribution in [0.2, 0.25) is 0 Å². The quantitative estimate of drug-likeness (QED) is 0.606. The van der Waals surface area contributed by atoms with Crippen LogP contribution in [0.1, 0.15) is 25.7 Å². The van der Waals surface area contributed by atoms with E-state index in [1.54, 1.807) is 11.9 Å². The second-order valence-electron chi connectivity index (χ2n) is 4.66. The normalized spacial score (nSPS) is 34.1. The van der Waals surface area contributed by atoms with Crippen molar-refractivity contribution in [2.75, 3.05) is 13.6 Å². The molecule has 0 spiro atoms. The van der Waals surface area contributed by atoms with E-state index < -0.39 is 0 Å². The number of nitrogens with zero attached hydrogens (tertiary/aromatic N) is 1. The second kappa shape index (κ2) is 3.65. The zero-order valence-electron chi connectivity index (χ0n) is 8.70. The van der Waals surface area contributed by atoms with E-state index in [-0.39, 0.29) is 11.8 Å². The topological polar surface area (TPSA) is 20.3 Å². The van der Waals surface area contributed by atoms with Crippen molar-refractivity contribution in [1.82, 2.24) is 4.90 Å². The molecule has 2 nitrogen and oxygen atoms in total. The highest BCUT2D eigenvalue weighted by Gasteiger charge is 2.44. The molecule has 2 aliphatic carbocycles. The Morgan fingerprint density at radius 3 is 2.86 bits per heavy atom. The Balaban J connectivity index is 1.88. The van der Waals surface area contributed by atoms with Crippen LogP contribution in [0.4, 0.5) is 0 Å². The molecule has 0 aromatic rings. The SMILES string of the molecule is C#CCN(C)C(=O)C1CCC2CC2C1. The molecule has 2 aliphatic rings. The average molecular weight is 191 g/mol. The Morgan fingerprint density at radius 2 is 2.21 bits per heavy atom.